The van der Waals surface area contributed by atoms with Crippen LogP contribution in [0.25, 0.3) is 0 Å². The Hall–Kier alpha value is -2.27. The first kappa shape index (κ1) is 15.1. The Morgan fingerprint density at radius 1 is 1.33 bits per heavy atom. The van der Waals surface area contributed by atoms with E-state index in [2.05, 4.69) is 17.1 Å². The molecule has 3 N–H and O–H groups in total. The van der Waals surface area contributed by atoms with Gasteiger partial charge in [0.15, 0.2) is 0 Å². The van der Waals surface area contributed by atoms with E-state index in [4.69, 9.17) is 10.2 Å². The van der Waals surface area contributed by atoms with Crippen LogP contribution >= 0.6 is 0 Å². The summed E-state index contributed by atoms with van der Waals surface area (Å²) < 4.78 is 5.33. The van der Waals surface area contributed by atoms with Crippen LogP contribution in [0, 0.1) is 0 Å². The van der Waals surface area contributed by atoms with E-state index in [0.717, 1.165) is 24.5 Å². The van der Waals surface area contributed by atoms with E-state index >= 15 is 0 Å². The molecule has 0 aliphatic rings. The Labute approximate surface area is 124 Å². The predicted octanol–water partition coefficient (Wildman–Crippen LogP) is 2.71. The molecule has 112 valence electrons. The lowest BCUT2D eigenvalue weighted by Crippen LogP contribution is -2.27. The molecule has 21 heavy (non-hydrogen) atoms. The van der Waals surface area contributed by atoms with Crippen molar-refractivity contribution in [1.29, 1.82) is 0 Å². The summed E-state index contributed by atoms with van der Waals surface area (Å²) in [5.74, 6) is 0.895. The van der Waals surface area contributed by atoms with Crippen molar-refractivity contribution >= 4 is 17.3 Å². The van der Waals surface area contributed by atoms with Gasteiger partial charge in [-0.2, -0.15) is 0 Å². The molecule has 0 unspecified atom stereocenters. The van der Waals surface area contributed by atoms with Crippen molar-refractivity contribution in [3.05, 3.63) is 48.4 Å². The van der Waals surface area contributed by atoms with Gasteiger partial charge in [0.05, 0.1) is 12.8 Å². The molecular formula is C16H21N3O2. The van der Waals surface area contributed by atoms with Crippen molar-refractivity contribution in [2.75, 3.05) is 24.1 Å². The van der Waals surface area contributed by atoms with Gasteiger partial charge in [0, 0.05) is 24.3 Å². The molecule has 1 amide bonds. The van der Waals surface area contributed by atoms with Gasteiger partial charge in [-0.05, 0) is 36.9 Å². The fraction of sp³-hybridized carbons (Fsp3) is 0.312. The Balaban J connectivity index is 1.79. The number of nitrogens with two attached hydrogens (primary N) is 1. The Bertz CT molecular complexity index is 567. The normalized spacial score (nSPS) is 10.8. The second kappa shape index (κ2) is 7.50. The lowest BCUT2D eigenvalue weighted by Gasteiger charge is -2.18. The van der Waals surface area contributed by atoms with Gasteiger partial charge >= 0.3 is 0 Å². The maximum atomic E-state index is 11.9. The number of anilines is 2. The number of carbonyl (C=O) groups excluding carboxylic acids is 1. The Kier molecular flexibility index (Phi) is 5.40. The first-order chi connectivity index (χ1) is 10.2. The molecule has 0 atom stereocenters. The van der Waals surface area contributed by atoms with E-state index in [9.17, 15) is 4.79 Å². The fourth-order valence-electron chi connectivity index (χ4n) is 2.07. The highest BCUT2D eigenvalue weighted by Crippen LogP contribution is 2.12. The van der Waals surface area contributed by atoms with Crippen molar-refractivity contribution in [2.24, 2.45) is 0 Å². The number of nitrogens with zero attached hydrogens (tertiary/aromatic N) is 1. The molecule has 5 nitrogen and oxygen atoms in total. The van der Waals surface area contributed by atoms with Gasteiger partial charge in [0.2, 0.25) is 5.91 Å². The zero-order valence-corrected chi connectivity index (χ0v) is 12.2. The molecule has 5 heteroatoms. The molecule has 0 aliphatic heterocycles. The number of nitrogen functional groups attached to an aromatic ring is 1. The summed E-state index contributed by atoms with van der Waals surface area (Å²) in [5.41, 5.74) is 7.05. The van der Waals surface area contributed by atoms with Gasteiger partial charge in [-0.25, -0.2) is 0 Å². The summed E-state index contributed by atoms with van der Waals surface area (Å²) in [4.78, 5) is 14.1. The smallest absolute Gasteiger partial charge is 0.225 e. The molecular weight excluding hydrogens is 266 g/mol. The van der Waals surface area contributed by atoms with E-state index in [-0.39, 0.29) is 5.91 Å². The quantitative estimate of drug-likeness (QED) is 0.768. The molecule has 0 radical (unpaired) electrons. The highest BCUT2D eigenvalue weighted by atomic mass is 16.3. The second-order valence-electron chi connectivity index (χ2n) is 4.87. The van der Waals surface area contributed by atoms with Crippen LogP contribution in [0.15, 0.2) is 47.1 Å². The van der Waals surface area contributed by atoms with E-state index in [0.29, 0.717) is 18.7 Å². The van der Waals surface area contributed by atoms with Crippen LogP contribution in [0.1, 0.15) is 19.1 Å². The highest BCUT2D eigenvalue weighted by molar-refractivity contribution is 5.91. The van der Waals surface area contributed by atoms with Gasteiger partial charge in [0.1, 0.15) is 5.76 Å². The number of hydrogen-bond donors (Lipinski definition) is 2. The number of rotatable bonds is 7. The van der Waals surface area contributed by atoms with Crippen LogP contribution < -0.4 is 11.1 Å². The number of nitrogens with one attached hydrogen (secondary N) is 1. The standard InChI is InChI=1S/C16H21N3O2/c1-2-19(12-15-7-4-10-21-15)9-8-16(20)18-14-6-3-5-13(17)11-14/h3-7,10-11H,2,8-9,12,17H2,1H3,(H,18,20). The van der Waals surface area contributed by atoms with Crippen LogP contribution in [0.5, 0.6) is 0 Å². The average Bonchev–Trinajstić information content (AvgIpc) is 2.96. The lowest BCUT2D eigenvalue weighted by molar-refractivity contribution is -0.116. The number of carbonyl (C=O) groups is 1. The summed E-state index contributed by atoms with van der Waals surface area (Å²) >= 11 is 0. The van der Waals surface area contributed by atoms with Crippen LogP contribution in [0.3, 0.4) is 0 Å². The summed E-state index contributed by atoms with van der Waals surface area (Å²) in [6.45, 7) is 4.34. The topological polar surface area (TPSA) is 71.5 Å². The summed E-state index contributed by atoms with van der Waals surface area (Å²) in [6.07, 6.45) is 2.10. The molecule has 0 aliphatic carbocycles. The number of amides is 1. The van der Waals surface area contributed by atoms with Crippen molar-refractivity contribution in [3.8, 4) is 0 Å². The van der Waals surface area contributed by atoms with Crippen LogP contribution in [-0.2, 0) is 11.3 Å². The van der Waals surface area contributed by atoms with E-state index in [1.165, 1.54) is 0 Å². The van der Waals surface area contributed by atoms with Crippen molar-refractivity contribution in [1.82, 2.24) is 4.90 Å². The van der Waals surface area contributed by atoms with E-state index in [1.54, 1.807) is 18.4 Å². The fourth-order valence-corrected chi connectivity index (χ4v) is 2.07. The SMILES string of the molecule is CCN(CCC(=O)Nc1cccc(N)c1)Cc1ccco1. The second-order valence-corrected chi connectivity index (χ2v) is 4.87. The molecule has 0 bridgehead atoms. The van der Waals surface area contributed by atoms with Gasteiger partial charge in [0.25, 0.3) is 0 Å². The number of hydrogen-bond acceptors (Lipinski definition) is 4. The van der Waals surface area contributed by atoms with E-state index in [1.807, 2.05) is 24.3 Å². The maximum absolute atomic E-state index is 11.9. The summed E-state index contributed by atoms with van der Waals surface area (Å²) in [5, 5.41) is 2.85. The zero-order valence-electron chi connectivity index (χ0n) is 12.2. The van der Waals surface area contributed by atoms with E-state index < -0.39 is 0 Å². The Morgan fingerprint density at radius 3 is 2.86 bits per heavy atom. The first-order valence-electron chi connectivity index (χ1n) is 7.07. The van der Waals surface area contributed by atoms with Crippen molar-refractivity contribution in [2.45, 2.75) is 19.9 Å². The van der Waals surface area contributed by atoms with Gasteiger partial charge < -0.3 is 15.5 Å². The summed E-state index contributed by atoms with van der Waals surface area (Å²) in [6, 6.07) is 11.0. The minimum absolute atomic E-state index is 0.0153. The number of benzene rings is 1. The molecule has 1 aromatic carbocycles. The van der Waals surface area contributed by atoms with Crippen LogP contribution in [0.4, 0.5) is 11.4 Å². The third-order valence-electron chi connectivity index (χ3n) is 3.23. The van der Waals surface area contributed by atoms with Gasteiger partial charge in [-0.3, -0.25) is 9.69 Å². The average molecular weight is 287 g/mol. The van der Waals surface area contributed by atoms with Crippen molar-refractivity contribution < 1.29 is 9.21 Å². The molecule has 0 saturated carbocycles. The molecule has 2 rings (SSSR count). The van der Waals surface area contributed by atoms with Crippen LogP contribution in [-0.4, -0.2) is 23.9 Å². The van der Waals surface area contributed by atoms with Crippen LogP contribution in [0.2, 0.25) is 0 Å². The minimum Gasteiger partial charge on any atom is -0.468 e. The molecule has 2 aromatic rings. The molecule has 0 spiro atoms. The number of furan rings is 1. The first-order valence-corrected chi connectivity index (χ1v) is 7.07. The molecule has 1 aromatic heterocycles. The molecule has 0 fully saturated rings. The molecule has 0 saturated heterocycles. The summed E-state index contributed by atoms with van der Waals surface area (Å²) in [7, 11) is 0. The Morgan fingerprint density at radius 2 is 2.19 bits per heavy atom. The largest absolute Gasteiger partial charge is 0.468 e. The maximum Gasteiger partial charge on any atom is 0.225 e. The minimum atomic E-state index is -0.0153. The third-order valence-corrected chi connectivity index (χ3v) is 3.23. The third kappa shape index (κ3) is 4.96. The highest BCUT2D eigenvalue weighted by Gasteiger charge is 2.09. The lowest BCUT2D eigenvalue weighted by atomic mass is 10.2. The monoisotopic (exact) mass is 287 g/mol. The zero-order chi connectivity index (χ0) is 15.1. The van der Waals surface area contributed by atoms with Gasteiger partial charge in [-0.15, -0.1) is 0 Å². The van der Waals surface area contributed by atoms with Crippen molar-refractivity contribution in [3.63, 3.8) is 0 Å². The predicted molar refractivity (Wildman–Crippen MR) is 83.8 cm³/mol. The molecule has 1 heterocycles. The van der Waals surface area contributed by atoms with Gasteiger partial charge in [-0.1, -0.05) is 13.0 Å².